The minimum absolute atomic E-state index is 0.0516. The number of benzene rings is 1. The molecule has 2 atom stereocenters. The highest BCUT2D eigenvalue weighted by molar-refractivity contribution is 5.73. The van der Waals surface area contributed by atoms with Crippen LogP contribution < -0.4 is 19.9 Å². The molecule has 0 bridgehead atoms. The molecule has 8 heteroatoms. The van der Waals surface area contributed by atoms with Crippen molar-refractivity contribution in [3.05, 3.63) is 42.0 Å². The summed E-state index contributed by atoms with van der Waals surface area (Å²) in [5, 5.41) is 2.86. The van der Waals surface area contributed by atoms with Gasteiger partial charge in [0.1, 0.15) is 18.2 Å². The van der Waals surface area contributed by atoms with Crippen molar-refractivity contribution >= 4 is 17.5 Å². The zero-order chi connectivity index (χ0) is 21.8. The van der Waals surface area contributed by atoms with E-state index >= 15 is 4.39 Å². The van der Waals surface area contributed by atoms with Gasteiger partial charge in [0.05, 0.1) is 12.6 Å². The highest BCUT2D eigenvalue weighted by Gasteiger charge is 2.29. The van der Waals surface area contributed by atoms with E-state index in [1.165, 1.54) is 13.3 Å². The lowest BCUT2D eigenvalue weighted by atomic mass is 10.1. The average molecular weight is 416 g/mol. The molecule has 0 saturated carbocycles. The molecule has 2 heterocycles. The van der Waals surface area contributed by atoms with E-state index in [0.717, 1.165) is 17.7 Å². The number of halogens is 1. The Kier molecular flexibility index (Phi) is 6.74. The van der Waals surface area contributed by atoms with Crippen LogP contribution in [0, 0.1) is 5.82 Å². The van der Waals surface area contributed by atoms with Crippen LogP contribution in [0.1, 0.15) is 45.7 Å². The second-order valence-corrected chi connectivity index (χ2v) is 8.01. The minimum atomic E-state index is -0.398. The lowest BCUT2D eigenvalue weighted by Gasteiger charge is -2.25. The van der Waals surface area contributed by atoms with Gasteiger partial charge in [-0.25, -0.2) is 9.97 Å². The summed E-state index contributed by atoms with van der Waals surface area (Å²) in [6.07, 6.45) is 2.14. The molecule has 0 spiro atoms. The fourth-order valence-corrected chi connectivity index (χ4v) is 3.50. The molecule has 1 fully saturated rings. The molecule has 30 heavy (non-hydrogen) atoms. The smallest absolute Gasteiger partial charge is 0.217 e. The van der Waals surface area contributed by atoms with Crippen LogP contribution in [-0.4, -0.2) is 48.2 Å². The molecule has 1 aromatic carbocycles. The number of hydrogen-bond acceptors (Lipinski definition) is 6. The van der Waals surface area contributed by atoms with Gasteiger partial charge in [-0.2, -0.15) is 4.39 Å². The molecule has 1 saturated heterocycles. The first-order valence-corrected chi connectivity index (χ1v) is 10.3. The summed E-state index contributed by atoms with van der Waals surface area (Å²) in [6.45, 7) is 8.65. The van der Waals surface area contributed by atoms with Crippen LogP contribution >= 0.6 is 0 Å². The second kappa shape index (κ2) is 9.28. The molecular weight excluding hydrogens is 385 g/mol. The monoisotopic (exact) mass is 415 g/mol. The van der Waals surface area contributed by atoms with Gasteiger partial charge in [-0.05, 0) is 38.5 Å². The van der Waals surface area contributed by atoms with Gasteiger partial charge in [-0.15, -0.1) is 0 Å². The largest absolute Gasteiger partial charge is 0.489 e. The zero-order valence-electron chi connectivity index (χ0n) is 18.2. The average Bonchev–Trinajstić information content (AvgIpc) is 3.15. The van der Waals surface area contributed by atoms with Crippen LogP contribution in [0.3, 0.4) is 0 Å². The number of anilines is 2. The number of nitrogens with one attached hydrogen (secondary N) is 1. The van der Waals surface area contributed by atoms with E-state index in [1.807, 2.05) is 57.0 Å². The van der Waals surface area contributed by atoms with Crippen LogP contribution in [0.2, 0.25) is 0 Å². The molecular formula is C22H30FN5O2. The summed E-state index contributed by atoms with van der Waals surface area (Å²) in [7, 11) is 1.83. The van der Waals surface area contributed by atoms with Gasteiger partial charge in [0, 0.05) is 33.0 Å². The molecule has 1 aromatic heterocycles. The molecule has 0 aliphatic carbocycles. The maximum atomic E-state index is 15.0. The van der Waals surface area contributed by atoms with Crippen LogP contribution in [0.15, 0.2) is 30.6 Å². The molecule has 0 radical (unpaired) electrons. The maximum Gasteiger partial charge on any atom is 0.217 e. The van der Waals surface area contributed by atoms with Gasteiger partial charge in [-0.1, -0.05) is 12.1 Å². The number of nitrogens with zero attached hydrogens (tertiary/aromatic N) is 4. The van der Waals surface area contributed by atoms with Crippen molar-refractivity contribution in [1.29, 1.82) is 0 Å². The molecule has 2 aromatic rings. The molecule has 1 amide bonds. The first-order valence-electron chi connectivity index (χ1n) is 10.3. The molecule has 1 N–H and O–H groups in total. The summed E-state index contributed by atoms with van der Waals surface area (Å²) < 4.78 is 21.1. The standard InChI is InChI=1S/C22H30FN5O2/c1-14(2)27(5)21-20(23)22(25-13-24-21)28-11-10-19(12-28)30-18-8-6-17(7-9-18)15(3)26-16(4)29/h6-9,13-15,19H,10-12H2,1-5H3,(H,26,29)/t15-,19+/m0/s1. The Hall–Kier alpha value is -2.90. The van der Waals surface area contributed by atoms with Crippen molar-refractivity contribution in [2.75, 3.05) is 29.9 Å². The first kappa shape index (κ1) is 21.8. The molecule has 162 valence electrons. The van der Waals surface area contributed by atoms with E-state index in [0.29, 0.717) is 24.7 Å². The number of carbonyl (C=O) groups is 1. The van der Waals surface area contributed by atoms with Crippen molar-refractivity contribution in [3.8, 4) is 5.75 Å². The molecule has 1 aliphatic rings. The third kappa shape index (κ3) is 4.98. The number of ether oxygens (including phenoxy) is 1. The van der Waals surface area contributed by atoms with E-state index in [4.69, 9.17) is 4.74 Å². The first-order chi connectivity index (χ1) is 14.3. The summed E-state index contributed by atoms with van der Waals surface area (Å²) >= 11 is 0. The van der Waals surface area contributed by atoms with Gasteiger partial charge >= 0.3 is 0 Å². The predicted molar refractivity (Wildman–Crippen MR) is 115 cm³/mol. The van der Waals surface area contributed by atoms with Gasteiger partial charge in [0.2, 0.25) is 11.7 Å². The van der Waals surface area contributed by atoms with Gasteiger partial charge in [-0.3, -0.25) is 4.79 Å². The fourth-order valence-electron chi connectivity index (χ4n) is 3.50. The summed E-state index contributed by atoms with van der Waals surface area (Å²) in [5.74, 6) is 0.921. The Balaban J connectivity index is 1.64. The Labute approximate surface area is 177 Å². The van der Waals surface area contributed by atoms with Gasteiger partial charge in [0.25, 0.3) is 0 Å². The van der Waals surface area contributed by atoms with Crippen LogP contribution in [0.5, 0.6) is 5.75 Å². The fraction of sp³-hybridized carbons (Fsp3) is 0.500. The van der Waals surface area contributed by atoms with E-state index in [-0.39, 0.29) is 24.1 Å². The van der Waals surface area contributed by atoms with Crippen molar-refractivity contribution in [1.82, 2.24) is 15.3 Å². The highest BCUT2D eigenvalue weighted by atomic mass is 19.1. The van der Waals surface area contributed by atoms with Gasteiger partial charge < -0.3 is 19.9 Å². The number of rotatable bonds is 7. The maximum absolute atomic E-state index is 15.0. The van der Waals surface area contributed by atoms with E-state index in [2.05, 4.69) is 15.3 Å². The van der Waals surface area contributed by atoms with Crippen LogP contribution in [0.4, 0.5) is 16.0 Å². The topological polar surface area (TPSA) is 70.6 Å². The van der Waals surface area contributed by atoms with Crippen LogP contribution in [-0.2, 0) is 4.79 Å². The Morgan fingerprint density at radius 2 is 1.97 bits per heavy atom. The zero-order valence-corrected chi connectivity index (χ0v) is 18.2. The lowest BCUT2D eigenvalue weighted by Crippen LogP contribution is -2.30. The summed E-state index contributed by atoms with van der Waals surface area (Å²) in [5.41, 5.74) is 1.01. The Morgan fingerprint density at radius 1 is 1.27 bits per heavy atom. The SMILES string of the molecule is CC(=O)N[C@@H](C)c1ccc(O[C@@H]2CCN(c3ncnc(N(C)C(C)C)c3F)C2)cc1. The number of hydrogen-bond donors (Lipinski definition) is 1. The predicted octanol–water partition coefficient (Wildman–Crippen LogP) is 3.32. The molecule has 3 rings (SSSR count). The third-order valence-electron chi connectivity index (χ3n) is 5.41. The van der Waals surface area contributed by atoms with Crippen molar-refractivity contribution in [2.45, 2.75) is 52.3 Å². The second-order valence-electron chi connectivity index (χ2n) is 8.01. The van der Waals surface area contributed by atoms with E-state index in [1.54, 1.807) is 4.90 Å². The minimum Gasteiger partial charge on any atom is -0.489 e. The van der Waals surface area contributed by atoms with Gasteiger partial charge in [0.15, 0.2) is 11.6 Å². The van der Waals surface area contributed by atoms with Crippen molar-refractivity contribution < 1.29 is 13.9 Å². The van der Waals surface area contributed by atoms with Crippen LogP contribution in [0.25, 0.3) is 0 Å². The number of amides is 1. The lowest BCUT2D eigenvalue weighted by molar-refractivity contribution is -0.119. The Morgan fingerprint density at radius 3 is 2.60 bits per heavy atom. The van der Waals surface area contributed by atoms with E-state index in [9.17, 15) is 4.79 Å². The summed E-state index contributed by atoms with van der Waals surface area (Å²) in [4.78, 5) is 23.2. The van der Waals surface area contributed by atoms with E-state index < -0.39 is 5.82 Å². The highest BCUT2D eigenvalue weighted by Crippen LogP contribution is 2.28. The molecule has 1 aliphatic heterocycles. The quantitative estimate of drug-likeness (QED) is 0.748. The number of carbonyl (C=O) groups excluding carboxylic acids is 1. The normalized spacial score (nSPS) is 17.2. The van der Waals surface area contributed by atoms with Crippen molar-refractivity contribution in [2.24, 2.45) is 0 Å². The number of aromatic nitrogens is 2. The summed E-state index contributed by atoms with van der Waals surface area (Å²) in [6, 6.07) is 7.77. The Bertz CT molecular complexity index is 874. The third-order valence-corrected chi connectivity index (χ3v) is 5.41. The molecule has 0 unspecified atom stereocenters. The molecule has 7 nitrogen and oxygen atoms in total. The van der Waals surface area contributed by atoms with Crippen molar-refractivity contribution in [3.63, 3.8) is 0 Å².